The largest absolute Gasteiger partial charge is 0.504 e. The molecule has 1 nitrogen and oxygen atoms in total. The Balaban J connectivity index is 3.74. The van der Waals surface area contributed by atoms with Crippen molar-refractivity contribution in [3.63, 3.8) is 0 Å². The van der Waals surface area contributed by atoms with Crippen LogP contribution in [0.25, 0.3) is 0 Å². The van der Waals surface area contributed by atoms with E-state index in [1.54, 1.807) is 19.4 Å². The molecule has 0 saturated carbocycles. The van der Waals surface area contributed by atoms with Crippen molar-refractivity contribution in [1.82, 2.24) is 0 Å². The molecule has 0 N–H and O–H groups in total. The second kappa shape index (κ2) is 5.16. The van der Waals surface area contributed by atoms with Gasteiger partial charge < -0.3 is 4.74 Å². The SMILES string of the molecule is C=C/C=C\C(C)=C\OC. The third-order valence-corrected chi connectivity index (χ3v) is 0.799. The molecule has 0 rings (SSSR count). The zero-order valence-corrected chi connectivity index (χ0v) is 5.92. The first-order valence-electron chi connectivity index (χ1n) is 2.80. The summed E-state index contributed by atoms with van der Waals surface area (Å²) in [7, 11) is 1.63. The summed E-state index contributed by atoms with van der Waals surface area (Å²) in [4.78, 5) is 0. The van der Waals surface area contributed by atoms with Gasteiger partial charge in [0.25, 0.3) is 0 Å². The van der Waals surface area contributed by atoms with Gasteiger partial charge in [0.1, 0.15) is 0 Å². The highest BCUT2D eigenvalue weighted by Gasteiger charge is 1.75. The molecule has 0 bridgehead atoms. The summed E-state index contributed by atoms with van der Waals surface area (Å²) in [5.74, 6) is 0. The second-order valence-corrected chi connectivity index (χ2v) is 1.69. The Morgan fingerprint density at radius 3 is 2.67 bits per heavy atom. The van der Waals surface area contributed by atoms with Crippen molar-refractivity contribution in [2.75, 3.05) is 7.11 Å². The number of hydrogen-bond donors (Lipinski definition) is 0. The quantitative estimate of drug-likeness (QED) is 0.414. The third-order valence-electron chi connectivity index (χ3n) is 0.799. The average Bonchev–Trinajstić information content (AvgIpc) is 1.85. The van der Waals surface area contributed by atoms with Crippen LogP contribution < -0.4 is 0 Å². The van der Waals surface area contributed by atoms with Crippen LogP contribution in [0.5, 0.6) is 0 Å². The molecule has 0 atom stereocenters. The van der Waals surface area contributed by atoms with Gasteiger partial charge in [-0.1, -0.05) is 24.8 Å². The lowest BCUT2D eigenvalue weighted by Gasteiger charge is -1.88. The minimum Gasteiger partial charge on any atom is -0.504 e. The second-order valence-electron chi connectivity index (χ2n) is 1.69. The Morgan fingerprint density at radius 2 is 2.22 bits per heavy atom. The predicted octanol–water partition coefficient (Wildman–Crippen LogP) is 2.28. The fourth-order valence-corrected chi connectivity index (χ4v) is 0.445. The Morgan fingerprint density at radius 1 is 1.56 bits per heavy atom. The van der Waals surface area contributed by atoms with Crippen LogP contribution in [0.1, 0.15) is 6.92 Å². The summed E-state index contributed by atoms with van der Waals surface area (Å²) in [5, 5.41) is 0. The Kier molecular flexibility index (Phi) is 4.60. The summed E-state index contributed by atoms with van der Waals surface area (Å²) in [6, 6.07) is 0. The van der Waals surface area contributed by atoms with Gasteiger partial charge in [-0.3, -0.25) is 0 Å². The topological polar surface area (TPSA) is 9.23 Å². The van der Waals surface area contributed by atoms with Crippen LogP contribution in [-0.4, -0.2) is 7.11 Å². The minimum absolute atomic E-state index is 1.08. The van der Waals surface area contributed by atoms with Gasteiger partial charge in [0, 0.05) is 0 Å². The maximum atomic E-state index is 4.75. The van der Waals surface area contributed by atoms with Crippen molar-refractivity contribution >= 4 is 0 Å². The van der Waals surface area contributed by atoms with E-state index in [-0.39, 0.29) is 0 Å². The normalized spacial score (nSPS) is 12.0. The van der Waals surface area contributed by atoms with Crippen molar-refractivity contribution in [2.45, 2.75) is 6.92 Å². The number of allylic oxidation sites excluding steroid dienone is 4. The molecule has 0 aromatic carbocycles. The third kappa shape index (κ3) is 4.88. The highest BCUT2D eigenvalue weighted by atomic mass is 16.5. The smallest absolute Gasteiger partial charge is 0.0853 e. The molecule has 0 radical (unpaired) electrons. The Bertz CT molecular complexity index is 132. The van der Waals surface area contributed by atoms with Crippen LogP contribution >= 0.6 is 0 Å². The maximum absolute atomic E-state index is 4.75. The van der Waals surface area contributed by atoms with Crippen LogP contribution in [0.3, 0.4) is 0 Å². The number of methoxy groups -OCH3 is 1. The van der Waals surface area contributed by atoms with Crippen LogP contribution in [0, 0.1) is 0 Å². The molecule has 0 aliphatic carbocycles. The van der Waals surface area contributed by atoms with Gasteiger partial charge >= 0.3 is 0 Å². The average molecular weight is 124 g/mol. The number of ether oxygens (including phenoxy) is 1. The van der Waals surface area contributed by atoms with Gasteiger partial charge in [0.05, 0.1) is 13.4 Å². The first-order valence-corrected chi connectivity index (χ1v) is 2.80. The van der Waals surface area contributed by atoms with Crippen LogP contribution in [-0.2, 0) is 4.74 Å². The van der Waals surface area contributed by atoms with E-state index in [4.69, 9.17) is 4.74 Å². The highest BCUT2D eigenvalue weighted by Crippen LogP contribution is 1.93. The van der Waals surface area contributed by atoms with E-state index in [9.17, 15) is 0 Å². The highest BCUT2D eigenvalue weighted by molar-refractivity contribution is 5.17. The molecule has 0 aliphatic heterocycles. The minimum atomic E-state index is 1.08. The summed E-state index contributed by atoms with van der Waals surface area (Å²) in [6.07, 6.45) is 7.20. The summed E-state index contributed by atoms with van der Waals surface area (Å²) < 4.78 is 4.75. The van der Waals surface area contributed by atoms with Gasteiger partial charge in [0.2, 0.25) is 0 Å². The zero-order valence-electron chi connectivity index (χ0n) is 5.92. The monoisotopic (exact) mass is 124 g/mol. The van der Waals surface area contributed by atoms with Crippen molar-refractivity contribution in [3.8, 4) is 0 Å². The lowest BCUT2D eigenvalue weighted by molar-refractivity contribution is 0.335. The standard InChI is InChI=1S/C8H12O/c1-4-5-6-8(2)7-9-3/h4-7H,1H2,2-3H3/b6-5-,8-7+. The van der Waals surface area contributed by atoms with Gasteiger partial charge in [-0.2, -0.15) is 0 Å². The van der Waals surface area contributed by atoms with Crippen molar-refractivity contribution in [3.05, 3.63) is 36.6 Å². The van der Waals surface area contributed by atoms with E-state index in [0.29, 0.717) is 0 Å². The van der Waals surface area contributed by atoms with Crippen LogP contribution in [0.15, 0.2) is 36.6 Å². The first-order chi connectivity index (χ1) is 4.31. The lowest BCUT2D eigenvalue weighted by Crippen LogP contribution is -1.70. The predicted molar refractivity (Wildman–Crippen MR) is 40.1 cm³/mol. The molecule has 50 valence electrons. The van der Waals surface area contributed by atoms with Crippen LogP contribution in [0.2, 0.25) is 0 Å². The molecule has 1 heteroatoms. The molecule has 0 spiro atoms. The molecule has 0 aromatic heterocycles. The zero-order chi connectivity index (χ0) is 7.11. The van der Waals surface area contributed by atoms with Gasteiger partial charge in [-0.05, 0) is 12.5 Å². The molecular weight excluding hydrogens is 112 g/mol. The molecule has 9 heavy (non-hydrogen) atoms. The Hall–Kier alpha value is -0.980. The van der Waals surface area contributed by atoms with E-state index in [1.165, 1.54) is 0 Å². The van der Waals surface area contributed by atoms with E-state index in [1.807, 2.05) is 19.1 Å². The fraction of sp³-hybridized carbons (Fsp3) is 0.250. The van der Waals surface area contributed by atoms with E-state index >= 15 is 0 Å². The summed E-state index contributed by atoms with van der Waals surface area (Å²) >= 11 is 0. The molecule has 0 fully saturated rings. The molecule has 0 amide bonds. The Labute approximate surface area is 56.3 Å². The van der Waals surface area contributed by atoms with E-state index in [0.717, 1.165) is 5.57 Å². The summed E-state index contributed by atoms with van der Waals surface area (Å²) in [5.41, 5.74) is 1.08. The number of hydrogen-bond acceptors (Lipinski definition) is 1. The maximum Gasteiger partial charge on any atom is 0.0853 e. The van der Waals surface area contributed by atoms with Crippen molar-refractivity contribution in [2.24, 2.45) is 0 Å². The number of rotatable bonds is 3. The van der Waals surface area contributed by atoms with Crippen LogP contribution in [0.4, 0.5) is 0 Å². The summed E-state index contributed by atoms with van der Waals surface area (Å²) in [6.45, 7) is 5.50. The lowest BCUT2D eigenvalue weighted by atomic mass is 10.3. The first kappa shape index (κ1) is 8.02. The molecule has 0 unspecified atom stereocenters. The van der Waals surface area contributed by atoms with Crippen molar-refractivity contribution in [1.29, 1.82) is 0 Å². The van der Waals surface area contributed by atoms with Gasteiger partial charge in [-0.15, -0.1) is 0 Å². The van der Waals surface area contributed by atoms with Gasteiger partial charge in [0.15, 0.2) is 0 Å². The van der Waals surface area contributed by atoms with E-state index < -0.39 is 0 Å². The molecule has 0 aromatic rings. The van der Waals surface area contributed by atoms with Crippen molar-refractivity contribution < 1.29 is 4.74 Å². The fourth-order valence-electron chi connectivity index (χ4n) is 0.445. The van der Waals surface area contributed by atoms with E-state index in [2.05, 4.69) is 6.58 Å². The molecule has 0 aliphatic rings. The van der Waals surface area contributed by atoms with Gasteiger partial charge in [-0.25, -0.2) is 0 Å². The molecule has 0 heterocycles. The molecule has 0 saturated heterocycles. The molecular formula is C8H12O.